The van der Waals surface area contributed by atoms with Crippen molar-refractivity contribution >= 4 is 5.69 Å². The molecule has 0 radical (unpaired) electrons. The van der Waals surface area contributed by atoms with Gasteiger partial charge in [-0.1, -0.05) is 0 Å². The molecule has 0 spiro atoms. The molecule has 1 atom stereocenters. The maximum atomic E-state index is 13.0. The number of anilines is 1. The Morgan fingerprint density at radius 2 is 2.09 bits per heavy atom. The van der Waals surface area contributed by atoms with Gasteiger partial charge < -0.3 is 10.2 Å². The fraction of sp³-hybridized carbons (Fsp3) is 0.500. The van der Waals surface area contributed by atoms with Crippen LogP contribution in [0, 0.1) is 11.2 Å². The molecule has 1 saturated heterocycles. The molecule has 23 heavy (non-hydrogen) atoms. The highest BCUT2D eigenvalue weighted by Crippen LogP contribution is 2.46. The molecule has 2 heterocycles. The van der Waals surface area contributed by atoms with Crippen molar-refractivity contribution in [2.75, 3.05) is 24.5 Å². The molecule has 0 amide bonds. The molecule has 1 aromatic heterocycles. The van der Waals surface area contributed by atoms with Crippen LogP contribution in [0.3, 0.4) is 0 Å². The number of hydrogen-bond donors (Lipinski definition) is 1. The summed E-state index contributed by atoms with van der Waals surface area (Å²) in [5.41, 5.74) is 1.52. The Labute approximate surface area is 136 Å². The van der Waals surface area contributed by atoms with Crippen molar-refractivity contribution in [3.8, 4) is 0 Å². The number of rotatable bonds is 6. The predicted molar refractivity (Wildman–Crippen MR) is 88.9 cm³/mol. The molecule has 2 aliphatic rings. The van der Waals surface area contributed by atoms with Crippen LogP contribution in [0.5, 0.6) is 0 Å². The summed E-state index contributed by atoms with van der Waals surface area (Å²) in [5.74, 6) is -0.170. The van der Waals surface area contributed by atoms with Gasteiger partial charge in [-0.2, -0.15) is 5.10 Å². The molecule has 2 aromatic rings. The fourth-order valence-electron chi connectivity index (χ4n) is 3.48. The smallest absolute Gasteiger partial charge is 0.123 e. The first-order valence-electron chi connectivity index (χ1n) is 8.44. The average Bonchev–Trinajstić information content (AvgIpc) is 2.96. The number of benzene rings is 1. The minimum Gasteiger partial charge on any atom is -0.370 e. The molecule has 1 aliphatic heterocycles. The summed E-state index contributed by atoms with van der Waals surface area (Å²) in [7, 11) is 0. The fourth-order valence-corrected chi connectivity index (χ4v) is 3.48. The van der Waals surface area contributed by atoms with Crippen molar-refractivity contribution in [1.82, 2.24) is 15.1 Å². The van der Waals surface area contributed by atoms with Gasteiger partial charge in [0.2, 0.25) is 0 Å². The lowest BCUT2D eigenvalue weighted by atomic mass is 10.1. The van der Waals surface area contributed by atoms with E-state index in [4.69, 9.17) is 0 Å². The van der Waals surface area contributed by atoms with Crippen LogP contribution in [0.1, 0.15) is 19.3 Å². The highest BCUT2D eigenvalue weighted by molar-refractivity contribution is 5.47. The minimum atomic E-state index is -0.170. The van der Waals surface area contributed by atoms with Crippen LogP contribution in [0.15, 0.2) is 42.7 Å². The van der Waals surface area contributed by atoms with E-state index < -0.39 is 0 Å². The van der Waals surface area contributed by atoms with Gasteiger partial charge in [0.05, 0.1) is 0 Å². The molecule has 2 fully saturated rings. The Morgan fingerprint density at radius 1 is 1.26 bits per heavy atom. The van der Waals surface area contributed by atoms with E-state index in [2.05, 4.69) is 15.3 Å². The van der Waals surface area contributed by atoms with Crippen LogP contribution in [-0.2, 0) is 6.54 Å². The third-order valence-corrected chi connectivity index (χ3v) is 5.16. The lowest BCUT2D eigenvalue weighted by Crippen LogP contribution is -2.37. The van der Waals surface area contributed by atoms with Crippen molar-refractivity contribution in [3.05, 3.63) is 48.5 Å². The van der Waals surface area contributed by atoms with Gasteiger partial charge in [-0.25, -0.2) is 4.39 Å². The van der Waals surface area contributed by atoms with Gasteiger partial charge in [-0.3, -0.25) is 4.68 Å². The molecule has 1 N–H and O–H groups in total. The van der Waals surface area contributed by atoms with E-state index in [9.17, 15) is 4.39 Å². The molecule has 1 saturated carbocycles. The van der Waals surface area contributed by atoms with Gasteiger partial charge in [0.1, 0.15) is 5.82 Å². The first kappa shape index (κ1) is 14.7. The molecule has 1 aromatic carbocycles. The van der Waals surface area contributed by atoms with Gasteiger partial charge in [0.15, 0.2) is 0 Å². The summed E-state index contributed by atoms with van der Waals surface area (Å²) in [5, 5.41) is 8.08. The number of nitrogens with one attached hydrogen (secondary N) is 1. The van der Waals surface area contributed by atoms with Gasteiger partial charge >= 0.3 is 0 Å². The van der Waals surface area contributed by atoms with Crippen molar-refractivity contribution in [1.29, 1.82) is 0 Å². The molecule has 1 aliphatic carbocycles. The van der Waals surface area contributed by atoms with E-state index >= 15 is 0 Å². The monoisotopic (exact) mass is 314 g/mol. The Hall–Kier alpha value is -1.88. The molecular formula is C18H23FN4. The maximum Gasteiger partial charge on any atom is 0.123 e. The van der Waals surface area contributed by atoms with Crippen LogP contribution in [0.2, 0.25) is 0 Å². The summed E-state index contributed by atoms with van der Waals surface area (Å²) in [6.07, 6.45) is 7.62. The van der Waals surface area contributed by atoms with E-state index in [-0.39, 0.29) is 5.82 Å². The van der Waals surface area contributed by atoms with E-state index in [1.54, 1.807) is 12.1 Å². The van der Waals surface area contributed by atoms with Crippen LogP contribution in [0.4, 0.5) is 10.1 Å². The summed E-state index contributed by atoms with van der Waals surface area (Å²) in [6, 6.07) is 9.34. The van der Waals surface area contributed by atoms with Gasteiger partial charge in [-0.05, 0) is 49.6 Å². The second-order valence-corrected chi connectivity index (χ2v) is 6.99. The first-order valence-corrected chi connectivity index (χ1v) is 8.44. The third kappa shape index (κ3) is 3.39. The average molecular weight is 314 g/mol. The minimum absolute atomic E-state index is 0.170. The third-order valence-electron chi connectivity index (χ3n) is 5.16. The SMILES string of the molecule is Fc1ccc(N2CCC(NCC3(Cn4cccn4)CC3)C2)cc1. The largest absolute Gasteiger partial charge is 0.370 e. The van der Waals surface area contributed by atoms with E-state index in [1.807, 2.05) is 35.3 Å². The van der Waals surface area contributed by atoms with E-state index in [0.717, 1.165) is 38.3 Å². The Kier molecular flexibility index (Phi) is 3.81. The van der Waals surface area contributed by atoms with Gasteiger partial charge in [-0.15, -0.1) is 0 Å². The summed E-state index contributed by atoms with van der Waals surface area (Å²) in [4.78, 5) is 2.34. The number of aromatic nitrogens is 2. The Bertz CT molecular complexity index is 634. The van der Waals surface area contributed by atoms with Gasteiger partial charge in [0.25, 0.3) is 0 Å². The molecule has 5 heteroatoms. The number of nitrogens with zero attached hydrogens (tertiary/aromatic N) is 3. The topological polar surface area (TPSA) is 33.1 Å². The first-order chi connectivity index (χ1) is 11.2. The van der Waals surface area contributed by atoms with Gasteiger partial charge in [0, 0.05) is 55.7 Å². The summed E-state index contributed by atoms with van der Waals surface area (Å²) < 4.78 is 15.1. The van der Waals surface area contributed by atoms with E-state index in [1.165, 1.54) is 12.8 Å². The molecule has 122 valence electrons. The lowest BCUT2D eigenvalue weighted by Gasteiger charge is -2.21. The molecule has 0 bridgehead atoms. The summed E-state index contributed by atoms with van der Waals surface area (Å²) >= 11 is 0. The molecule has 4 rings (SSSR count). The molecule has 4 nitrogen and oxygen atoms in total. The van der Waals surface area contributed by atoms with Crippen LogP contribution >= 0.6 is 0 Å². The maximum absolute atomic E-state index is 13.0. The predicted octanol–water partition coefficient (Wildman–Crippen LogP) is 2.67. The second-order valence-electron chi connectivity index (χ2n) is 6.99. The number of hydrogen-bond acceptors (Lipinski definition) is 3. The zero-order valence-corrected chi connectivity index (χ0v) is 13.3. The summed E-state index contributed by atoms with van der Waals surface area (Å²) in [6.45, 7) is 4.12. The second kappa shape index (κ2) is 5.96. The van der Waals surface area contributed by atoms with Crippen LogP contribution in [-0.4, -0.2) is 35.5 Å². The normalized spacial score (nSPS) is 22.5. The zero-order chi connectivity index (χ0) is 15.7. The Balaban J connectivity index is 1.28. The zero-order valence-electron chi connectivity index (χ0n) is 13.3. The standard InChI is InChI=1S/C18H23FN4/c19-15-2-4-17(5-3-15)22-11-6-16(12-22)20-13-18(7-8-18)14-23-10-1-9-21-23/h1-5,9-10,16,20H,6-8,11-14H2. The van der Waals surface area contributed by atoms with E-state index in [0.29, 0.717) is 11.5 Å². The Morgan fingerprint density at radius 3 is 2.78 bits per heavy atom. The molecule has 1 unspecified atom stereocenters. The van der Waals surface area contributed by atoms with Crippen molar-refractivity contribution in [2.45, 2.75) is 31.8 Å². The van der Waals surface area contributed by atoms with Crippen LogP contribution < -0.4 is 10.2 Å². The van der Waals surface area contributed by atoms with Crippen molar-refractivity contribution in [3.63, 3.8) is 0 Å². The van der Waals surface area contributed by atoms with Crippen LogP contribution in [0.25, 0.3) is 0 Å². The molecular weight excluding hydrogens is 291 g/mol. The highest BCUT2D eigenvalue weighted by atomic mass is 19.1. The van der Waals surface area contributed by atoms with Crippen molar-refractivity contribution < 1.29 is 4.39 Å². The number of halogens is 1. The highest BCUT2D eigenvalue weighted by Gasteiger charge is 2.43. The quantitative estimate of drug-likeness (QED) is 0.890. The lowest BCUT2D eigenvalue weighted by molar-refractivity contribution is 0.356. The van der Waals surface area contributed by atoms with Crippen molar-refractivity contribution in [2.24, 2.45) is 5.41 Å².